The van der Waals surface area contributed by atoms with Gasteiger partial charge in [0.2, 0.25) is 5.95 Å². The molecule has 2 aliphatic heterocycles. The molecule has 5 nitrogen and oxygen atoms in total. The van der Waals surface area contributed by atoms with Gasteiger partial charge in [0.05, 0.1) is 5.69 Å². The Hall–Kier alpha value is -1.92. The first kappa shape index (κ1) is 17.9. The first-order valence-corrected chi connectivity index (χ1v) is 8.50. The van der Waals surface area contributed by atoms with Crippen LogP contribution in [0.3, 0.4) is 0 Å². The molecular formula is C18H23ClFN5. The number of fused-ring (bicyclic) bond motifs is 1. The SMILES string of the molecule is Cc1c(-c2cccc(F)c2)nc(N)nc1N1C[C@H]2CCCN[C@H]2C1.Cl. The van der Waals surface area contributed by atoms with E-state index in [9.17, 15) is 4.39 Å². The molecule has 2 aromatic rings. The summed E-state index contributed by atoms with van der Waals surface area (Å²) in [6, 6.07) is 6.99. The molecule has 0 amide bonds. The van der Waals surface area contributed by atoms with E-state index in [1.165, 1.54) is 25.0 Å². The van der Waals surface area contributed by atoms with Gasteiger partial charge in [0.15, 0.2) is 0 Å². The van der Waals surface area contributed by atoms with Crippen LogP contribution >= 0.6 is 12.4 Å². The number of benzene rings is 1. The third-order valence-corrected chi connectivity index (χ3v) is 5.13. The summed E-state index contributed by atoms with van der Waals surface area (Å²) in [6.07, 6.45) is 2.49. The van der Waals surface area contributed by atoms with Crippen LogP contribution in [-0.2, 0) is 0 Å². The van der Waals surface area contributed by atoms with E-state index in [0.29, 0.717) is 17.7 Å². The molecule has 0 saturated carbocycles. The summed E-state index contributed by atoms with van der Waals surface area (Å²) in [5.74, 6) is 1.49. The van der Waals surface area contributed by atoms with Crippen LogP contribution in [0.4, 0.5) is 16.2 Å². The molecule has 2 fully saturated rings. The highest BCUT2D eigenvalue weighted by atomic mass is 35.5. The van der Waals surface area contributed by atoms with Gasteiger partial charge < -0.3 is 16.0 Å². The fourth-order valence-corrected chi connectivity index (χ4v) is 3.97. The quantitative estimate of drug-likeness (QED) is 0.858. The molecule has 4 rings (SSSR count). The molecule has 134 valence electrons. The van der Waals surface area contributed by atoms with Gasteiger partial charge in [-0.25, -0.2) is 9.37 Å². The van der Waals surface area contributed by atoms with Crippen LogP contribution in [-0.4, -0.2) is 35.6 Å². The van der Waals surface area contributed by atoms with Gasteiger partial charge in [0.25, 0.3) is 0 Å². The van der Waals surface area contributed by atoms with E-state index in [4.69, 9.17) is 5.73 Å². The number of anilines is 2. The van der Waals surface area contributed by atoms with Crippen molar-refractivity contribution in [1.29, 1.82) is 0 Å². The summed E-state index contributed by atoms with van der Waals surface area (Å²) in [5, 5.41) is 3.60. The van der Waals surface area contributed by atoms with E-state index in [0.717, 1.165) is 36.6 Å². The Balaban J connectivity index is 0.00000182. The van der Waals surface area contributed by atoms with Crippen LogP contribution < -0.4 is 16.0 Å². The van der Waals surface area contributed by atoms with Gasteiger partial charge >= 0.3 is 0 Å². The van der Waals surface area contributed by atoms with Crippen molar-refractivity contribution in [2.24, 2.45) is 5.92 Å². The Kier molecular flexibility index (Phi) is 5.11. The molecule has 7 heteroatoms. The highest BCUT2D eigenvalue weighted by molar-refractivity contribution is 5.85. The summed E-state index contributed by atoms with van der Waals surface area (Å²) in [7, 11) is 0. The van der Waals surface area contributed by atoms with Crippen LogP contribution in [0, 0.1) is 18.7 Å². The lowest BCUT2D eigenvalue weighted by Crippen LogP contribution is -2.40. The standard InChI is InChI=1S/C18H22FN5.ClH/c1-11-16(12-4-2-6-14(19)8-12)22-18(20)23-17(11)24-9-13-5-3-7-21-15(13)10-24;/h2,4,6,8,13,15,21H,3,5,7,9-10H2,1H3,(H2,20,22,23);1H/t13-,15+;/m1./s1. The van der Waals surface area contributed by atoms with Crippen LogP contribution in [0.2, 0.25) is 0 Å². The first-order valence-electron chi connectivity index (χ1n) is 8.50. The number of hydrogen-bond acceptors (Lipinski definition) is 5. The molecule has 1 aromatic heterocycles. The Morgan fingerprint density at radius 1 is 1.28 bits per heavy atom. The minimum atomic E-state index is -0.276. The lowest BCUT2D eigenvalue weighted by Gasteiger charge is -2.24. The molecule has 25 heavy (non-hydrogen) atoms. The number of hydrogen-bond donors (Lipinski definition) is 2. The lowest BCUT2D eigenvalue weighted by molar-refractivity contribution is 0.340. The molecule has 0 spiro atoms. The van der Waals surface area contributed by atoms with Crippen molar-refractivity contribution in [3.63, 3.8) is 0 Å². The third kappa shape index (κ3) is 3.41. The summed E-state index contributed by atoms with van der Waals surface area (Å²) in [5.41, 5.74) is 8.35. The molecule has 2 aliphatic rings. The molecule has 0 bridgehead atoms. The van der Waals surface area contributed by atoms with Gasteiger partial charge in [0, 0.05) is 30.3 Å². The van der Waals surface area contributed by atoms with Crippen molar-refractivity contribution in [3.8, 4) is 11.3 Å². The van der Waals surface area contributed by atoms with Crippen LogP contribution in [0.1, 0.15) is 18.4 Å². The maximum absolute atomic E-state index is 13.6. The molecule has 1 aromatic carbocycles. The molecular weight excluding hydrogens is 341 g/mol. The molecule has 0 aliphatic carbocycles. The fraction of sp³-hybridized carbons (Fsp3) is 0.444. The number of nitrogens with zero attached hydrogens (tertiary/aromatic N) is 3. The maximum atomic E-state index is 13.6. The largest absolute Gasteiger partial charge is 0.368 e. The van der Waals surface area contributed by atoms with E-state index < -0.39 is 0 Å². The Morgan fingerprint density at radius 2 is 2.12 bits per heavy atom. The average Bonchev–Trinajstić information content (AvgIpc) is 3.00. The normalized spacial score (nSPS) is 22.4. The van der Waals surface area contributed by atoms with Crippen molar-refractivity contribution >= 4 is 24.2 Å². The monoisotopic (exact) mass is 363 g/mol. The fourth-order valence-electron chi connectivity index (χ4n) is 3.97. The van der Waals surface area contributed by atoms with Crippen LogP contribution in [0.5, 0.6) is 0 Å². The highest BCUT2D eigenvalue weighted by Gasteiger charge is 2.35. The number of nitrogen functional groups attached to an aromatic ring is 1. The smallest absolute Gasteiger partial charge is 0.222 e. The van der Waals surface area contributed by atoms with Gasteiger partial charge in [-0.1, -0.05) is 12.1 Å². The van der Waals surface area contributed by atoms with Gasteiger partial charge in [-0.15, -0.1) is 12.4 Å². The molecule has 0 unspecified atom stereocenters. The van der Waals surface area contributed by atoms with Gasteiger partial charge in [0.1, 0.15) is 11.6 Å². The zero-order chi connectivity index (χ0) is 16.7. The van der Waals surface area contributed by atoms with Gasteiger partial charge in [-0.05, 0) is 44.4 Å². The van der Waals surface area contributed by atoms with E-state index in [1.54, 1.807) is 6.07 Å². The van der Waals surface area contributed by atoms with Crippen LogP contribution in [0.15, 0.2) is 24.3 Å². The molecule has 2 atom stereocenters. The van der Waals surface area contributed by atoms with Crippen molar-refractivity contribution in [3.05, 3.63) is 35.6 Å². The predicted octanol–water partition coefficient (Wildman–Crippen LogP) is 2.78. The van der Waals surface area contributed by atoms with Crippen molar-refractivity contribution in [1.82, 2.24) is 15.3 Å². The lowest BCUT2D eigenvalue weighted by atomic mass is 9.94. The highest BCUT2D eigenvalue weighted by Crippen LogP contribution is 2.33. The number of nitrogens with one attached hydrogen (secondary N) is 1. The summed E-state index contributed by atoms with van der Waals surface area (Å²) >= 11 is 0. The van der Waals surface area contributed by atoms with E-state index in [2.05, 4.69) is 20.2 Å². The maximum Gasteiger partial charge on any atom is 0.222 e. The zero-order valence-corrected chi connectivity index (χ0v) is 15.0. The number of aromatic nitrogens is 2. The van der Waals surface area contributed by atoms with Gasteiger partial charge in [-0.2, -0.15) is 4.98 Å². The molecule has 2 saturated heterocycles. The Labute approximate surface area is 153 Å². The third-order valence-electron chi connectivity index (χ3n) is 5.13. The Bertz CT molecular complexity index is 755. The molecule has 3 N–H and O–H groups in total. The summed E-state index contributed by atoms with van der Waals surface area (Å²) in [6.45, 7) is 5.00. The molecule has 0 radical (unpaired) electrons. The zero-order valence-electron chi connectivity index (χ0n) is 14.2. The Morgan fingerprint density at radius 3 is 2.88 bits per heavy atom. The van der Waals surface area contributed by atoms with Crippen molar-refractivity contribution in [2.45, 2.75) is 25.8 Å². The second-order valence-corrected chi connectivity index (χ2v) is 6.76. The topological polar surface area (TPSA) is 67.1 Å². The van der Waals surface area contributed by atoms with E-state index in [-0.39, 0.29) is 24.2 Å². The molecule has 3 heterocycles. The second-order valence-electron chi connectivity index (χ2n) is 6.76. The summed E-state index contributed by atoms with van der Waals surface area (Å²) in [4.78, 5) is 11.2. The minimum Gasteiger partial charge on any atom is -0.368 e. The number of halogens is 2. The summed E-state index contributed by atoms with van der Waals surface area (Å²) < 4.78 is 13.6. The second kappa shape index (κ2) is 7.14. The predicted molar refractivity (Wildman–Crippen MR) is 101 cm³/mol. The number of rotatable bonds is 2. The minimum absolute atomic E-state index is 0. The van der Waals surface area contributed by atoms with Crippen molar-refractivity contribution in [2.75, 3.05) is 30.3 Å². The van der Waals surface area contributed by atoms with E-state index >= 15 is 0 Å². The number of piperidine rings is 1. The van der Waals surface area contributed by atoms with Crippen LogP contribution in [0.25, 0.3) is 11.3 Å². The average molecular weight is 364 g/mol. The first-order chi connectivity index (χ1) is 11.6. The van der Waals surface area contributed by atoms with Gasteiger partial charge in [-0.3, -0.25) is 0 Å². The van der Waals surface area contributed by atoms with Crippen molar-refractivity contribution < 1.29 is 4.39 Å². The number of nitrogens with two attached hydrogens (primary N) is 1. The van der Waals surface area contributed by atoms with E-state index in [1.807, 2.05) is 13.0 Å².